The highest BCUT2D eigenvalue weighted by atomic mass is 31.2. The second-order valence-electron chi connectivity index (χ2n) is 18.0. The van der Waals surface area contributed by atoms with Crippen LogP contribution >= 0.6 is 7.82 Å². The van der Waals surface area contributed by atoms with E-state index in [-0.39, 0.29) is 25.9 Å². The molecule has 0 spiro atoms. The van der Waals surface area contributed by atoms with Crippen molar-refractivity contribution >= 4 is 25.7 Å². The largest absolute Gasteiger partial charge is 0.472 e. The number of aliphatic hydroxyl groups excluding tert-OH is 1. The molecule has 12 heteroatoms. The topological polar surface area (TPSA) is 155 Å². The fraction of sp³-hybridized carbons (Fsp3) is 0.650. The third-order valence-electron chi connectivity index (χ3n) is 11.2. The molecule has 0 aromatic heterocycles. The Bertz CT molecular complexity index is 1620. The fourth-order valence-electron chi connectivity index (χ4n) is 7.03. The zero-order valence-corrected chi connectivity index (χ0v) is 46.0. The lowest BCUT2D eigenvalue weighted by Crippen LogP contribution is -2.30. The van der Waals surface area contributed by atoms with E-state index in [0.29, 0.717) is 25.7 Å². The maximum absolute atomic E-state index is 12.9. The first kappa shape index (κ1) is 68.1. The van der Waals surface area contributed by atoms with Crippen molar-refractivity contribution in [3.05, 3.63) is 109 Å². The molecule has 0 fully saturated rings. The van der Waals surface area contributed by atoms with Crippen molar-refractivity contribution in [3.8, 4) is 0 Å². The van der Waals surface area contributed by atoms with Crippen LogP contribution in [0.5, 0.6) is 0 Å². The highest BCUT2D eigenvalue weighted by molar-refractivity contribution is 7.47. The molecule has 3 atom stereocenters. The second kappa shape index (κ2) is 53.4. The Morgan fingerprint density at radius 2 is 0.736 bits per heavy atom. The molecule has 2 N–H and O–H groups in total. The van der Waals surface area contributed by atoms with E-state index in [1.165, 1.54) is 57.8 Å². The molecule has 0 saturated heterocycles. The summed E-state index contributed by atoms with van der Waals surface area (Å²) in [6.45, 7) is 4.29. The molecule has 410 valence electrons. The molecule has 0 saturated carbocycles. The minimum absolute atomic E-state index is 0.0756. The minimum Gasteiger partial charge on any atom is -0.462 e. The Morgan fingerprint density at radius 3 is 1.17 bits per heavy atom. The summed E-state index contributed by atoms with van der Waals surface area (Å²) in [5.74, 6) is -1.59. The zero-order valence-electron chi connectivity index (χ0n) is 45.1. The van der Waals surface area contributed by atoms with Crippen LogP contribution in [0.2, 0.25) is 0 Å². The lowest BCUT2D eigenvalue weighted by Gasteiger charge is -2.21. The van der Waals surface area contributed by atoms with Crippen LogP contribution in [0.1, 0.15) is 213 Å². The number of hydrogen-bond donors (Lipinski definition) is 2. The van der Waals surface area contributed by atoms with Crippen LogP contribution in [-0.4, -0.2) is 66.5 Å². The van der Waals surface area contributed by atoms with E-state index in [0.717, 1.165) is 89.9 Å². The SMILES string of the molecule is CC/C=C\C/C=C\C/C=C\C/C=C\C/C=C\CCCC(=O)OC(COC(=O)CCCC/C=C\C/C=C\C/C=C\C/C=C\CC)COP(=O)(O)OCC(CO)OC(=O)CCCCCCCCCCCCCCC. The molecule has 0 aliphatic heterocycles. The van der Waals surface area contributed by atoms with Crippen molar-refractivity contribution in [2.24, 2.45) is 0 Å². The van der Waals surface area contributed by atoms with E-state index in [1.807, 2.05) is 12.2 Å². The number of hydrogen-bond acceptors (Lipinski definition) is 10. The van der Waals surface area contributed by atoms with Gasteiger partial charge in [0.15, 0.2) is 6.10 Å². The van der Waals surface area contributed by atoms with Crippen LogP contribution in [0, 0.1) is 0 Å². The summed E-state index contributed by atoms with van der Waals surface area (Å²) in [5, 5.41) is 9.80. The summed E-state index contributed by atoms with van der Waals surface area (Å²) in [6.07, 6.45) is 63.5. The highest BCUT2D eigenvalue weighted by Crippen LogP contribution is 2.43. The van der Waals surface area contributed by atoms with Gasteiger partial charge in [0.2, 0.25) is 0 Å². The van der Waals surface area contributed by atoms with Crippen molar-refractivity contribution in [2.45, 2.75) is 226 Å². The summed E-state index contributed by atoms with van der Waals surface area (Å²) in [6, 6.07) is 0. The van der Waals surface area contributed by atoms with Crippen LogP contribution in [0.4, 0.5) is 0 Å². The predicted octanol–water partition coefficient (Wildman–Crippen LogP) is 16.2. The van der Waals surface area contributed by atoms with Gasteiger partial charge < -0.3 is 24.2 Å². The normalized spacial score (nSPS) is 14.2. The van der Waals surface area contributed by atoms with Crippen LogP contribution in [0.15, 0.2) is 109 Å². The average Bonchev–Trinajstić information content (AvgIpc) is 3.37. The number of aliphatic hydroxyl groups is 1. The number of phosphoric ester groups is 1. The van der Waals surface area contributed by atoms with Gasteiger partial charge in [-0.3, -0.25) is 23.4 Å². The number of allylic oxidation sites excluding steroid dienone is 18. The number of ether oxygens (including phenoxy) is 3. The maximum atomic E-state index is 12.9. The van der Waals surface area contributed by atoms with Crippen LogP contribution < -0.4 is 0 Å². The summed E-state index contributed by atoms with van der Waals surface area (Å²) >= 11 is 0. The molecule has 0 amide bonds. The molecule has 11 nitrogen and oxygen atoms in total. The van der Waals surface area contributed by atoms with Crippen LogP contribution in [-0.2, 0) is 42.2 Å². The molecule has 0 heterocycles. The van der Waals surface area contributed by atoms with Gasteiger partial charge in [-0.15, -0.1) is 0 Å². The van der Waals surface area contributed by atoms with E-state index >= 15 is 0 Å². The fourth-order valence-corrected chi connectivity index (χ4v) is 7.81. The Kier molecular flexibility index (Phi) is 50.6. The van der Waals surface area contributed by atoms with Crippen LogP contribution in [0.3, 0.4) is 0 Å². The highest BCUT2D eigenvalue weighted by Gasteiger charge is 2.28. The quantitative estimate of drug-likeness (QED) is 0.0197. The molecule has 0 radical (unpaired) electrons. The molecule has 0 aliphatic carbocycles. The third kappa shape index (κ3) is 51.1. The van der Waals surface area contributed by atoms with Crippen molar-refractivity contribution in [2.75, 3.05) is 26.4 Å². The Balaban J connectivity index is 4.89. The monoisotopic (exact) mass is 1030 g/mol. The lowest BCUT2D eigenvalue weighted by molar-refractivity contribution is -0.161. The average molecular weight is 1030 g/mol. The molecule has 0 aliphatic rings. The van der Waals surface area contributed by atoms with E-state index in [9.17, 15) is 28.9 Å². The zero-order chi connectivity index (χ0) is 52.7. The smallest absolute Gasteiger partial charge is 0.462 e. The Hall–Kier alpha value is -3.86. The third-order valence-corrected chi connectivity index (χ3v) is 12.1. The summed E-state index contributed by atoms with van der Waals surface area (Å²) in [5.41, 5.74) is 0. The van der Waals surface area contributed by atoms with E-state index in [4.69, 9.17) is 23.3 Å². The van der Waals surface area contributed by atoms with Crippen molar-refractivity contribution in [1.29, 1.82) is 0 Å². The molecule has 0 bridgehead atoms. The van der Waals surface area contributed by atoms with E-state index < -0.39 is 57.8 Å². The van der Waals surface area contributed by atoms with Gasteiger partial charge in [-0.25, -0.2) is 4.57 Å². The second-order valence-corrected chi connectivity index (χ2v) is 19.4. The van der Waals surface area contributed by atoms with Gasteiger partial charge in [0.05, 0.1) is 19.8 Å². The van der Waals surface area contributed by atoms with E-state index in [2.05, 4.69) is 118 Å². The molecule has 0 rings (SSSR count). The summed E-state index contributed by atoms with van der Waals surface area (Å²) < 4.78 is 39.4. The Morgan fingerprint density at radius 1 is 0.403 bits per heavy atom. The van der Waals surface area contributed by atoms with Crippen molar-refractivity contribution in [3.63, 3.8) is 0 Å². The number of esters is 3. The van der Waals surface area contributed by atoms with Crippen molar-refractivity contribution in [1.82, 2.24) is 0 Å². The maximum Gasteiger partial charge on any atom is 0.472 e. The van der Waals surface area contributed by atoms with Gasteiger partial charge in [-0.05, 0) is 96.3 Å². The van der Waals surface area contributed by atoms with E-state index in [1.54, 1.807) is 0 Å². The number of rotatable bonds is 50. The van der Waals surface area contributed by atoms with Crippen LogP contribution in [0.25, 0.3) is 0 Å². The van der Waals surface area contributed by atoms with Gasteiger partial charge in [-0.1, -0.05) is 207 Å². The molecular formula is C60H99O11P. The summed E-state index contributed by atoms with van der Waals surface area (Å²) in [4.78, 5) is 48.4. The molecule has 0 aromatic rings. The van der Waals surface area contributed by atoms with Gasteiger partial charge in [-0.2, -0.15) is 0 Å². The van der Waals surface area contributed by atoms with Gasteiger partial charge in [0.1, 0.15) is 12.7 Å². The summed E-state index contributed by atoms with van der Waals surface area (Å²) in [7, 11) is -4.77. The first-order valence-electron chi connectivity index (χ1n) is 27.8. The molecule has 0 aromatic carbocycles. The number of unbranched alkanes of at least 4 members (excludes halogenated alkanes) is 15. The number of phosphoric acid groups is 1. The number of carbonyl (C=O) groups is 3. The standard InChI is InChI=1S/C60H99O11P/c1-4-7-10-13-16-19-22-25-27-28-30-33-36-39-42-45-48-51-60(64)71-57(53-67-58(62)49-46-43-40-37-34-32-29-26-23-20-17-14-11-8-5-2)55-69-72(65,66)68-54-56(52-61)70-59(63)50-47-44-41-38-35-31-24-21-18-15-12-9-6-3/h7-8,10-11,16-17,19-20,25-27,29-30,33-34,37,39,42,56-57,61H,4-6,9,12-15,18,21-24,28,31-32,35-36,38,40-41,43-55H2,1-3H3,(H,65,66)/b10-7-,11-8-,19-16-,20-17-,27-25-,29-26-,33-30-,37-34-,42-39-. The number of carbonyl (C=O) groups excluding carboxylic acids is 3. The molecule has 3 unspecified atom stereocenters. The molecule has 72 heavy (non-hydrogen) atoms. The molecular weight excluding hydrogens is 928 g/mol. The predicted molar refractivity (Wildman–Crippen MR) is 297 cm³/mol. The first-order chi connectivity index (χ1) is 35.2. The van der Waals surface area contributed by atoms with Gasteiger partial charge in [0, 0.05) is 19.3 Å². The van der Waals surface area contributed by atoms with Crippen molar-refractivity contribution < 1.29 is 52.2 Å². The minimum atomic E-state index is -4.77. The first-order valence-corrected chi connectivity index (χ1v) is 29.3. The van der Waals surface area contributed by atoms with Gasteiger partial charge in [0.25, 0.3) is 0 Å². The Labute approximate surface area is 437 Å². The van der Waals surface area contributed by atoms with Gasteiger partial charge >= 0.3 is 25.7 Å². The lowest BCUT2D eigenvalue weighted by atomic mass is 10.0.